The van der Waals surface area contributed by atoms with Crippen molar-refractivity contribution in [3.8, 4) is 17.1 Å². The number of hydrogen-bond acceptors (Lipinski definition) is 5. The van der Waals surface area contributed by atoms with Crippen LogP contribution in [0.2, 0.25) is 0 Å². The minimum atomic E-state index is 0.0553. The smallest absolute Gasteiger partial charge is 0.196 e. The van der Waals surface area contributed by atoms with Crippen LogP contribution in [-0.4, -0.2) is 35.9 Å². The van der Waals surface area contributed by atoms with Gasteiger partial charge in [-0.15, -0.1) is 10.2 Å². The largest absolute Gasteiger partial charge is 0.348 e. The number of thioether (sulfide) groups is 1. The van der Waals surface area contributed by atoms with Crippen molar-refractivity contribution in [3.05, 3.63) is 78.4 Å². The summed E-state index contributed by atoms with van der Waals surface area (Å²) in [5.41, 5.74) is 3.64. The van der Waals surface area contributed by atoms with Crippen molar-refractivity contribution in [2.75, 3.05) is 5.75 Å². The molecule has 0 aliphatic heterocycles. The lowest BCUT2D eigenvalue weighted by Gasteiger charge is -2.12. The first-order valence-corrected chi connectivity index (χ1v) is 9.83. The first kappa shape index (κ1) is 18.2. The van der Waals surface area contributed by atoms with Gasteiger partial charge in [-0.1, -0.05) is 30.0 Å². The number of carbonyl (C=O) groups excluding carboxylic acids is 1. The number of aryl methyl sites for hydroxylation is 2. The minimum absolute atomic E-state index is 0.0553. The van der Waals surface area contributed by atoms with Crippen molar-refractivity contribution >= 4 is 17.5 Å². The van der Waals surface area contributed by atoms with Crippen LogP contribution in [0.1, 0.15) is 16.1 Å². The van der Waals surface area contributed by atoms with Crippen molar-refractivity contribution in [2.24, 2.45) is 7.05 Å². The molecule has 1 aromatic carbocycles. The molecule has 0 saturated carbocycles. The van der Waals surface area contributed by atoms with Gasteiger partial charge in [-0.2, -0.15) is 0 Å². The van der Waals surface area contributed by atoms with Crippen LogP contribution < -0.4 is 0 Å². The van der Waals surface area contributed by atoms with Gasteiger partial charge in [-0.3, -0.25) is 14.3 Å². The van der Waals surface area contributed by atoms with Crippen molar-refractivity contribution in [1.29, 1.82) is 0 Å². The topological polar surface area (TPSA) is 65.6 Å². The van der Waals surface area contributed by atoms with E-state index in [4.69, 9.17) is 0 Å². The monoisotopic (exact) mass is 389 g/mol. The third-order valence-electron chi connectivity index (χ3n) is 4.47. The lowest BCUT2D eigenvalue weighted by Crippen LogP contribution is -2.09. The zero-order chi connectivity index (χ0) is 19.5. The minimum Gasteiger partial charge on any atom is -0.348 e. The van der Waals surface area contributed by atoms with Gasteiger partial charge in [0.2, 0.25) is 0 Å². The van der Waals surface area contributed by atoms with Gasteiger partial charge in [0.1, 0.15) is 0 Å². The summed E-state index contributed by atoms with van der Waals surface area (Å²) in [5, 5.41) is 9.45. The summed E-state index contributed by atoms with van der Waals surface area (Å²) < 4.78 is 3.82. The van der Waals surface area contributed by atoms with Gasteiger partial charge in [0, 0.05) is 31.2 Å². The zero-order valence-corrected chi connectivity index (χ0v) is 16.4. The summed E-state index contributed by atoms with van der Waals surface area (Å²) in [6, 6.07) is 15.6. The van der Waals surface area contributed by atoms with E-state index in [1.54, 1.807) is 12.4 Å². The summed E-state index contributed by atoms with van der Waals surface area (Å²) >= 11 is 1.39. The van der Waals surface area contributed by atoms with Crippen LogP contribution in [0.3, 0.4) is 0 Å². The molecular formula is C21H19N5OS. The van der Waals surface area contributed by atoms with E-state index in [9.17, 15) is 4.79 Å². The molecule has 0 atom stereocenters. The van der Waals surface area contributed by atoms with Crippen LogP contribution in [-0.2, 0) is 7.05 Å². The number of rotatable bonds is 6. The van der Waals surface area contributed by atoms with Crippen LogP contribution in [0.15, 0.2) is 72.3 Å². The average Bonchev–Trinajstić information content (AvgIpc) is 3.33. The van der Waals surface area contributed by atoms with E-state index in [-0.39, 0.29) is 11.5 Å². The van der Waals surface area contributed by atoms with Crippen molar-refractivity contribution < 1.29 is 4.79 Å². The van der Waals surface area contributed by atoms with E-state index in [0.717, 1.165) is 16.8 Å². The van der Waals surface area contributed by atoms with E-state index in [1.165, 1.54) is 11.8 Å². The molecule has 0 radical (unpaired) electrons. The Kier molecular flexibility index (Phi) is 5.08. The number of pyridine rings is 1. The molecule has 0 aliphatic rings. The van der Waals surface area contributed by atoms with E-state index < -0.39 is 0 Å². The SMILES string of the molecule is Cc1ccccc1-n1c(SCC(=O)c2cccn2C)nnc1-c1cccnc1. The maximum atomic E-state index is 12.6. The van der Waals surface area contributed by atoms with Crippen LogP contribution in [0, 0.1) is 6.92 Å². The highest BCUT2D eigenvalue weighted by molar-refractivity contribution is 7.99. The summed E-state index contributed by atoms with van der Waals surface area (Å²) in [5.74, 6) is 1.05. The Labute approximate surface area is 167 Å². The molecule has 140 valence electrons. The second kappa shape index (κ2) is 7.82. The summed E-state index contributed by atoms with van der Waals surface area (Å²) in [6.45, 7) is 2.05. The molecule has 28 heavy (non-hydrogen) atoms. The lowest BCUT2D eigenvalue weighted by molar-refractivity contribution is 0.101. The fourth-order valence-corrected chi connectivity index (χ4v) is 3.85. The van der Waals surface area contributed by atoms with Gasteiger partial charge in [0.25, 0.3) is 0 Å². The van der Waals surface area contributed by atoms with Crippen LogP contribution in [0.25, 0.3) is 17.1 Å². The van der Waals surface area contributed by atoms with Gasteiger partial charge < -0.3 is 4.57 Å². The van der Waals surface area contributed by atoms with Crippen LogP contribution >= 0.6 is 11.8 Å². The molecule has 0 saturated heterocycles. The Hall–Kier alpha value is -3.19. The Morgan fingerprint density at radius 1 is 1.07 bits per heavy atom. The maximum Gasteiger partial charge on any atom is 0.196 e. The third kappa shape index (κ3) is 3.48. The third-order valence-corrected chi connectivity index (χ3v) is 5.40. The average molecular weight is 389 g/mol. The van der Waals surface area contributed by atoms with Gasteiger partial charge >= 0.3 is 0 Å². The predicted octanol–water partition coefficient (Wildman–Crippen LogP) is 3.95. The summed E-state index contributed by atoms with van der Waals surface area (Å²) in [4.78, 5) is 16.8. The van der Waals surface area contributed by atoms with E-state index >= 15 is 0 Å². The number of Topliss-reactive ketones (excluding diaryl/α,β-unsaturated/α-hetero) is 1. The lowest BCUT2D eigenvalue weighted by atomic mass is 10.2. The first-order valence-electron chi connectivity index (χ1n) is 8.84. The van der Waals surface area contributed by atoms with Crippen molar-refractivity contribution in [2.45, 2.75) is 12.1 Å². The highest BCUT2D eigenvalue weighted by Gasteiger charge is 2.19. The molecule has 0 fully saturated rings. The second-order valence-corrected chi connectivity index (χ2v) is 7.33. The predicted molar refractivity (Wildman–Crippen MR) is 110 cm³/mol. The fraction of sp³-hybridized carbons (Fsp3) is 0.143. The number of aromatic nitrogens is 5. The highest BCUT2D eigenvalue weighted by Crippen LogP contribution is 2.29. The standard InChI is InChI=1S/C21H19N5OS/c1-15-7-3-4-9-17(15)26-20(16-8-5-11-22-13-16)23-24-21(26)28-14-19(27)18-10-6-12-25(18)2/h3-13H,14H2,1-2H3. The first-order chi connectivity index (χ1) is 13.6. The molecule has 3 heterocycles. The molecule has 7 heteroatoms. The molecule has 0 amide bonds. The normalized spacial score (nSPS) is 10.9. The molecular weight excluding hydrogens is 370 g/mol. The fourth-order valence-electron chi connectivity index (χ4n) is 3.03. The van der Waals surface area contributed by atoms with E-state index in [2.05, 4.69) is 15.2 Å². The van der Waals surface area contributed by atoms with Crippen molar-refractivity contribution in [1.82, 2.24) is 24.3 Å². The Morgan fingerprint density at radius 2 is 1.93 bits per heavy atom. The van der Waals surface area contributed by atoms with Gasteiger partial charge in [-0.25, -0.2) is 0 Å². The molecule has 4 rings (SSSR count). The molecule has 0 unspecified atom stereocenters. The van der Waals surface area contributed by atoms with Crippen LogP contribution in [0.5, 0.6) is 0 Å². The molecule has 3 aromatic heterocycles. The van der Waals surface area contributed by atoms with Gasteiger partial charge in [-0.05, 0) is 42.8 Å². The van der Waals surface area contributed by atoms with Crippen LogP contribution in [0.4, 0.5) is 0 Å². The Morgan fingerprint density at radius 3 is 2.64 bits per heavy atom. The molecule has 0 bridgehead atoms. The highest BCUT2D eigenvalue weighted by atomic mass is 32.2. The number of ketones is 1. The molecule has 0 spiro atoms. The Balaban J connectivity index is 1.72. The van der Waals surface area contributed by atoms with E-state index in [0.29, 0.717) is 16.7 Å². The van der Waals surface area contributed by atoms with Gasteiger partial charge in [0.15, 0.2) is 16.8 Å². The molecule has 0 N–H and O–H groups in total. The van der Waals surface area contributed by atoms with Crippen molar-refractivity contribution in [3.63, 3.8) is 0 Å². The van der Waals surface area contributed by atoms with E-state index in [1.807, 2.05) is 77.8 Å². The summed E-state index contributed by atoms with van der Waals surface area (Å²) in [6.07, 6.45) is 5.36. The summed E-state index contributed by atoms with van der Waals surface area (Å²) in [7, 11) is 1.87. The zero-order valence-electron chi connectivity index (χ0n) is 15.6. The quantitative estimate of drug-likeness (QED) is 0.369. The number of hydrogen-bond donors (Lipinski definition) is 0. The maximum absolute atomic E-state index is 12.6. The number of nitrogens with zero attached hydrogens (tertiary/aromatic N) is 5. The second-order valence-electron chi connectivity index (χ2n) is 6.39. The van der Waals surface area contributed by atoms with Gasteiger partial charge in [0.05, 0.1) is 17.1 Å². The Bertz CT molecular complexity index is 1120. The number of carbonyl (C=O) groups is 1. The molecule has 6 nitrogen and oxygen atoms in total. The number of para-hydroxylation sites is 1. The molecule has 4 aromatic rings. The molecule has 0 aliphatic carbocycles. The number of benzene rings is 1.